The summed E-state index contributed by atoms with van der Waals surface area (Å²) in [4.78, 5) is 125. The zero-order valence-electron chi connectivity index (χ0n) is 69.7. The van der Waals surface area contributed by atoms with Gasteiger partial charge in [0.25, 0.3) is 11.8 Å². The van der Waals surface area contributed by atoms with Crippen LogP contribution in [0.2, 0.25) is 0 Å². The Morgan fingerprint density at radius 3 is 1.46 bits per heavy atom. The standard InChI is InChI=1S/C88H119N11O20/c1-60(2)83(94-81(101)24-33-110-35-37-112-39-41-114-43-45-116-47-48-117-46-44-115-42-40-113-38-36-111-34-25-89-80(100)23-26-97-82(102)53-71(86(97)105)64-13-10-8-7-9-11-14-64)85(104)92-61(3)84(103)93-67-19-15-62(16-20-67)65-49-69-56-90-74-54-78(76(108-5)51-72(74)87(106)98(69)58-65)118-31-12-32-119-79-55-75-73(52-77(79)109-6)88(107)99-59-66(50-70(99)57-91-75)63-17-21-68(22-18-63)96-29-27-95(4)28-30-96/h15-22,51-52,54-61,64,69-71,83H,7-14,23-50,53H2,1-6H3,(H,89,100)(H,92,104)(H,93,103)(H,94,101)/t61-,69-,70-,71?,83-/m0/s1. The van der Waals surface area contributed by atoms with E-state index in [1.165, 1.54) is 44.1 Å². The average molecular weight is 1650 g/mol. The van der Waals surface area contributed by atoms with Crippen LogP contribution in [0.25, 0.3) is 11.1 Å². The molecule has 3 fully saturated rings. The van der Waals surface area contributed by atoms with Gasteiger partial charge in [-0.25, -0.2) is 0 Å². The first-order valence-electron chi connectivity index (χ1n) is 42.1. The van der Waals surface area contributed by atoms with Crippen LogP contribution < -0.4 is 45.1 Å². The smallest absolute Gasteiger partial charge is 0.260 e. The number of imide groups is 1. The maximum Gasteiger partial charge on any atom is 0.260 e. The maximum atomic E-state index is 14.2. The number of piperazine rings is 1. The first-order valence-corrected chi connectivity index (χ1v) is 42.1. The van der Waals surface area contributed by atoms with Crippen molar-refractivity contribution in [3.63, 3.8) is 0 Å². The fourth-order valence-corrected chi connectivity index (χ4v) is 15.3. The monoisotopic (exact) mass is 1650 g/mol. The lowest BCUT2D eigenvalue weighted by atomic mass is 9.81. The summed E-state index contributed by atoms with van der Waals surface area (Å²) in [5, 5.41) is 11.2. The summed E-state index contributed by atoms with van der Waals surface area (Å²) >= 11 is 0. The maximum absolute atomic E-state index is 14.2. The van der Waals surface area contributed by atoms with Crippen molar-refractivity contribution in [2.24, 2.45) is 27.7 Å². The van der Waals surface area contributed by atoms with E-state index < -0.39 is 23.9 Å². The third-order valence-corrected chi connectivity index (χ3v) is 22.1. The molecule has 1 saturated carbocycles. The molecule has 0 bridgehead atoms. The van der Waals surface area contributed by atoms with E-state index in [4.69, 9.17) is 66.8 Å². The van der Waals surface area contributed by atoms with Crippen LogP contribution in [-0.2, 0) is 66.7 Å². The summed E-state index contributed by atoms with van der Waals surface area (Å²) in [5.74, 6) is -0.881. The molecule has 6 heterocycles. The molecule has 31 heteroatoms. The van der Waals surface area contributed by atoms with Gasteiger partial charge in [0.05, 0.1) is 174 Å². The van der Waals surface area contributed by atoms with Crippen molar-refractivity contribution in [3.05, 3.63) is 107 Å². The number of aliphatic imine (C=N–C) groups is 2. The summed E-state index contributed by atoms with van der Waals surface area (Å²) in [6.07, 6.45) is 17.1. The highest BCUT2D eigenvalue weighted by atomic mass is 16.6. The van der Waals surface area contributed by atoms with E-state index in [0.29, 0.717) is 169 Å². The Morgan fingerprint density at radius 1 is 0.504 bits per heavy atom. The highest BCUT2D eigenvalue weighted by Gasteiger charge is 2.43. The summed E-state index contributed by atoms with van der Waals surface area (Å²) in [6.45, 7) is 15.8. The number of amides is 8. The highest BCUT2D eigenvalue weighted by Crippen LogP contribution is 2.43. The van der Waals surface area contributed by atoms with Crippen LogP contribution in [0.4, 0.5) is 22.7 Å². The summed E-state index contributed by atoms with van der Waals surface area (Å²) in [7, 11) is 5.20. The zero-order valence-corrected chi connectivity index (χ0v) is 69.7. The van der Waals surface area contributed by atoms with Crippen molar-refractivity contribution in [3.8, 4) is 23.0 Å². The van der Waals surface area contributed by atoms with Gasteiger partial charge in [-0.15, -0.1) is 0 Å². The Balaban J connectivity index is 0.486. The van der Waals surface area contributed by atoms with E-state index in [-0.39, 0.29) is 118 Å². The summed E-state index contributed by atoms with van der Waals surface area (Å²) < 4.78 is 68.4. The van der Waals surface area contributed by atoms with Gasteiger partial charge in [0.2, 0.25) is 35.4 Å². The number of nitrogens with one attached hydrogen (secondary N) is 4. The quantitative estimate of drug-likeness (QED) is 0.0237. The van der Waals surface area contributed by atoms with E-state index in [9.17, 15) is 38.4 Å². The second kappa shape index (κ2) is 46.8. The van der Waals surface area contributed by atoms with Crippen molar-refractivity contribution < 1.29 is 95.2 Å². The molecule has 1 unspecified atom stereocenters. The van der Waals surface area contributed by atoms with Crippen molar-refractivity contribution in [2.75, 3.05) is 190 Å². The molecule has 2 saturated heterocycles. The number of nitrogens with zero attached hydrogens (tertiary/aromatic N) is 7. The number of carbonyl (C=O) groups is 8. The largest absolute Gasteiger partial charge is 0.493 e. The van der Waals surface area contributed by atoms with E-state index in [0.717, 1.165) is 74.1 Å². The highest BCUT2D eigenvalue weighted by molar-refractivity contribution is 6.07. The molecule has 0 spiro atoms. The van der Waals surface area contributed by atoms with Crippen LogP contribution in [0.1, 0.15) is 136 Å². The normalized spacial score (nSPS) is 18.6. The fourth-order valence-electron chi connectivity index (χ4n) is 15.3. The van der Waals surface area contributed by atoms with Crippen molar-refractivity contribution >= 4 is 93.6 Å². The van der Waals surface area contributed by atoms with Crippen molar-refractivity contribution in [1.29, 1.82) is 0 Å². The minimum absolute atomic E-state index is 0.0132. The van der Waals surface area contributed by atoms with Crippen LogP contribution in [0.5, 0.6) is 23.0 Å². The molecule has 5 atom stereocenters. The average Bonchev–Trinajstić information content (AvgIpc) is 1.64. The molecule has 1 aliphatic carbocycles. The Labute approximate surface area is 697 Å². The number of benzene rings is 4. The van der Waals surface area contributed by atoms with Gasteiger partial charge in [-0.1, -0.05) is 70.2 Å². The van der Waals surface area contributed by atoms with Gasteiger partial charge >= 0.3 is 0 Å². The fraction of sp³-hybridized carbons (Fsp3) is 0.568. The molecule has 31 nitrogen and oxygen atoms in total. The Kier molecular flexibility index (Phi) is 35.4. The van der Waals surface area contributed by atoms with Crippen LogP contribution in [-0.4, -0.2) is 283 Å². The van der Waals surface area contributed by atoms with E-state index in [1.807, 2.05) is 30.7 Å². The van der Waals surface area contributed by atoms with E-state index in [1.54, 1.807) is 73.2 Å². The topological polar surface area (TPSA) is 336 Å². The molecule has 4 aromatic carbocycles. The minimum atomic E-state index is -0.943. The number of fused-ring (bicyclic) bond motifs is 4. The van der Waals surface area contributed by atoms with Gasteiger partial charge < -0.3 is 97.7 Å². The van der Waals surface area contributed by atoms with Gasteiger partial charge in [-0.2, -0.15) is 0 Å². The Hall–Kier alpha value is -9.70. The second-order valence-corrected chi connectivity index (χ2v) is 30.9. The first-order chi connectivity index (χ1) is 57.9. The lowest BCUT2D eigenvalue weighted by Gasteiger charge is -2.34. The number of hydrogen-bond donors (Lipinski definition) is 4. The number of ether oxygens (including phenoxy) is 12. The molecule has 4 N–H and O–H groups in total. The summed E-state index contributed by atoms with van der Waals surface area (Å²) in [6, 6.07) is 20.1. The molecule has 0 radical (unpaired) electrons. The molecule has 11 rings (SSSR count). The van der Waals surface area contributed by atoms with Crippen LogP contribution in [0, 0.1) is 17.8 Å². The first kappa shape index (κ1) is 90.1. The molecule has 0 aromatic heterocycles. The van der Waals surface area contributed by atoms with Crippen LogP contribution in [0.3, 0.4) is 0 Å². The molecule has 4 aromatic rings. The van der Waals surface area contributed by atoms with Crippen LogP contribution >= 0.6 is 0 Å². The predicted octanol–water partition coefficient (Wildman–Crippen LogP) is 8.60. The van der Waals surface area contributed by atoms with Gasteiger partial charge in [0.1, 0.15) is 12.1 Å². The molecular weight excluding hydrogens is 1530 g/mol. The number of likely N-dealkylation sites (tertiary alicyclic amines) is 1. The zero-order chi connectivity index (χ0) is 83.8. The molecule has 646 valence electrons. The number of hydrogen-bond acceptors (Lipinski definition) is 24. The lowest BCUT2D eigenvalue weighted by Crippen LogP contribution is -2.53. The number of likely N-dealkylation sites (N-methyl/N-ethyl adjacent to an activating group) is 1. The molecular formula is C88H119N11O20. The van der Waals surface area contributed by atoms with E-state index >= 15 is 0 Å². The summed E-state index contributed by atoms with van der Waals surface area (Å²) in [5.41, 5.74) is 7.29. The molecule has 119 heavy (non-hydrogen) atoms. The number of methoxy groups -OCH3 is 2. The Bertz CT molecular complexity index is 4160. The van der Waals surface area contributed by atoms with Crippen molar-refractivity contribution in [2.45, 2.75) is 128 Å². The molecule has 8 amide bonds. The third kappa shape index (κ3) is 26.4. The number of anilines is 2. The predicted molar refractivity (Wildman–Crippen MR) is 448 cm³/mol. The van der Waals surface area contributed by atoms with Gasteiger partial charge in [-0.05, 0) is 97.3 Å². The molecule has 7 aliphatic rings. The SMILES string of the molecule is COc1cc2c(cc1OCCCOc1cc3c(cc1OC)C(=O)N1C=C(c4ccc(N5CCN(C)CC5)cc4)C[C@H]1C=N3)N=C[C@@H]1CC(c3ccc(NC(=O)[C@H](C)NC(=O)[C@@H](NC(=O)CCOCCOCCOCCOCCOCCOCCOCCOCCNC(=O)CCN4C(=O)CC(C5CCCCCCC5)C4=O)C(C)C)cc3)=CN1C2=O. The minimum Gasteiger partial charge on any atom is -0.493 e. The van der Waals surface area contributed by atoms with Gasteiger partial charge in [-0.3, -0.25) is 53.2 Å². The Morgan fingerprint density at radius 2 is 0.975 bits per heavy atom. The van der Waals surface area contributed by atoms with Gasteiger partial charge in [0.15, 0.2) is 23.0 Å². The van der Waals surface area contributed by atoms with Crippen molar-refractivity contribution in [1.82, 2.24) is 35.6 Å². The number of rotatable bonds is 48. The lowest BCUT2D eigenvalue weighted by molar-refractivity contribution is -0.140. The molecule has 6 aliphatic heterocycles. The van der Waals surface area contributed by atoms with Crippen LogP contribution in [0.15, 0.2) is 95.2 Å². The second-order valence-electron chi connectivity index (χ2n) is 30.9. The van der Waals surface area contributed by atoms with Gasteiger partial charge in [0, 0.05) is 126 Å². The third-order valence-electron chi connectivity index (χ3n) is 22.1. The number of carbonyl (C=O) groups excluding carboxylic acids is 8. The van der Waals surface area contributed by atoms with E-state index in [2.05, 4.69) is 62.4 Å².